The number of pyridine rings is 1. The summed E-state index contributed by atoms with van der Waals surface area (Å²) in [6.45, 7) is 3.18. The number of aryl methyl sites for hydroxylation is 1. The topological polar surface area (TPSA) is 94.7 Å². The SMILES string of the molecule is Cc1cc([N+](=O)[O-])cn(CC(=O)N2CCOCC2)c1=O. The first-order chi connectivity index (χ1) is 9.49. The van der Waals surface area contributed by atoms with Crippen molar-refractivity contribution in [3.8, 4) is 0 Å². The fourth-order valence-electron chi connectivity index (χ4n) is 2.04. The monoisotopic (exact) mass is 281 g/mol. The molecular formula is C12H15N3O5. The maximum absolute atomic E-state index is 12.1. The number of amides is 1. The summed E-state index contributed by atoms with van der Waals surface area (Å²) in [6.07, 6.45) is 1.10. The molecule has 0 bridgehead atoms. The van der Waals surface area contributed by atoms with E-state index in [2.05, 4.69) is 0 Å². The minimum Gasteiger partial charge on any atom is -0.378 e. The number of carbonyl (C=O) groups excluding carboxylic acids is 1. The molecule has 2 rings (SSSR count). The molecule has 0 unspecified atom stereocenters. The molecule has 0 atom stereocenters. The first-order valence-electron chi connectivity index (χ1n) is 6.20. The van der Waals surface area contributed by atoms with Gasteiger partial charge in [0, 0.05) is 24.7 Å². The fraction of sp³-hybridized carbons (Fsp3) is 0.500. The number of nitro groups is 1. The molecule has 1 aromatic heterocycles. The van der Waals surface area contributed by atoms with Crippen LogP contribution < -0.4 is 5.56 Å². The van der Waals surface area contributed by atoms with Crippen LogP contribution in [0.2, 0.25) is 0 Å². The van der Waals surface area contributed by atoms with E-state index in [1.54, 1.807) is 4.90 Å². The maximum Gasteiger partial charge on any atom is 0.286 e. The standard InChI is InChI=1S/C12H15N3O5/c1-9-6-10(15(18)19)7-14(12(9)17)8-11(16)13-2-4-20-5-3-13/h6-7H,2-5,8H2,1H3. The predicted molar refractivity (Wildman–Crippen MR) is 69.5 cm³/mol. The Morgan fingerprint density at radius 2 is 2.10 bits per heavy atom. The summed E-state index contributed by atoms with van der Waals surface area (Å²) >= 11 is 0. The normalized spacial score (nSPS) is 15.2. The van der Waals surface area contributed by atoms with Crippen molar-refractivity contribution in [1.82, 2.24) is 9.47 Å². The van der Waals surface area contributed by atoms with Gasteiger partial charge in [-0.05, 0) is 6.92 Å². The highest BCUT2D eigenvalue weighted by Crippen LogP contribution is 2.10. The van der Waals surface area contributed by atoms with Gasteiger partial charge >= 0.3 is 0 Å². The second-order valence-electron chi connectivity index (χ2n) is 4.56. The highest BCUT2D eigenvalue weighted by molar-refractivity contribution is 5.76. The third-order valence-corrected chi connectivity index (χ3v) is 3.13. The van der Waals surface area contributed by atoms with Crippen LogP contribution in [0.4, 0.5) is 5.69 Å². The molecule has 0 spiro atoms. The lowest BCUT2D eigenvalue weighted by Gasteiger charge is -2.27. The lowest BCUT2D eigenvalue weighted by atomic mass is 10.3. The van der Waals surface area contributed by atoms with Crippen molar-refractivity contribution >= 4 is 11.6 Å². The molecule has 20 heavy (non-hydrogen) atoms. The van der Waals surface area contributed by atoms with Gasteiger partial charge < -0.3 is 9.64 Å². The Labute approximate surface area is 114 Å². The zero-order valence-electron chi connectivity index (χ0n) is 11.1. The van der Waals surface area contributed by atoms with Gasteiger partial charge in [0.25, 0.3) is 11.2 Å². The van der Waals surface area contributed by atoms with Crippen molar-refractivity contribution < 1.29 is 14.5 Å². The van der Waals surface area contributed by atoms with Gasteiger partial charge in [-0.2, -0.15) is 0 Å². The number of rotatable bonds is 3. The van der Waals surface area contributed by atoms with Crippen LogP contribution in [0.5, 0.6) is 0 Å². The molecule has 8 heteroatoms. The third-order valence-electron chi connectivity index (χ3n) is 3.13. The second-order valence-corrected chi connectivity index (χ2v) is 4.56. The van der Waals surface area contributed by atoms with Crippen molar-refractivity contribution in [2.75, 3.05) is 26.3 Å². The smallest absolute Gasteiger partial charge is 0.286 e. The number of ether oxygens (including phenoxy) is 1. The van der Waals surface area contributed by atoms with Crippen LogP contribution in [0.25, 0.3) is 0 Å². The zero-order valence-corrected chi connectivity index (χ0v) is 11.1. The molecule has 2 heterocycles. The summed E-state index contributed by atoms with van der Waals surface area (Å²) in [4.78, 5) is 35.7. The number of carbonyl (C=O) groups is 1. The van der Waals surface area contributed by atoms with Gasteiger partial charge in [-0.25, -0.2) is 0 Å². The van der Waals surface area contributed by atoms with E-state index >= 15 is 0 Å². The van der Waals surface area contributed by atoms with Crippen molar-refractivity contribution in [3.05, 3.63) is 38.3 Å². The number of hydrogen-bond donors (Lipinski definition) is 0. The number of morpholine rings is 1. The van der Waals surface area contributed by atoms with Crippen molar-refractivity contribution in [1.29, 1.82) is 0 Å². The van der Waals surface area contributed by atoms with E-state index in [0.29, 0.717) is 26.3 Å². The van der Waals surface area contributed by atoms with Gasteiger partial charge in [-0.1, -0.05) is 0 Å². The molecule has 108 valence electrons. The summed E-state index contributed by atoms with van der Waals surface area (Å²) in [7, 11) is 0. The van der Waals surface area contributed by atoms with Gasteiger partial charge in [-0.15, -0.1) is 0 Å². The fourth-order valence-corrected chi connectivity index (χ4v) is 2.04. The molecule has 1 fully saturated rings. The Kier molecular flexibility index (Phi) is 4.14. The van der Waals surface area contributed by atoms with E-state index in [-0.39, 0.29) is 23.7 Å². The van der Waals surface area contributed by atoms with Crippen LogP contribution in [-0.4, -0.2) is 46.6 Å². The van der Waals surface area contributed by atoms with Crippen LogP contribution in [0.3, 0.4) is 0 Å². The molecule has 8 nitrogen and oxygen atoms in total. The Morgan fingerprint density at radius 3 is 2.70 bits per heavy atom. The summed E-state index contributed by atoms with van der Waals surface area (Å²) in [5.74, 6) is -0.240. The summed E-state index contributed by atoms with van der Waals surface area (Å²) < 4.78 is 6.23. The Hall–Kier alpha value is -2.22. The molecule has 0 saturated carbocycles. The van der Waals surface area contributed by atoms with Gasteiger partial charge in [0.2, 0.25) is 5.91 Å². The number of hydrogen-bond acceptors (Lipinski definition) is 5. The van der Waals surface area contributed by atoms with E-state index < -0.39 is 10.5 Å². The highest BCUT2D eigenvalue weighted by atomic mass is 16.6. The van der Waals surface area contributed by atoms with E-state index in [0.717, 1.165) is 10.8 Å². The number of aromatic nitrogens is 1. The van der Waals surface area contributed by atoms with Crippen LogP contribution >= 0.6 is 0 Å². The second kappa shape index (κ2) is 5.83. The minimum absolute atomic E-state index is 0.193. The third kappa shape index (κ3) is 3.02. The van der Waals surface area contributed by atoms with E-state index in [1.807, 2.05) is 0 Å². The van der Waals surface area contributed by atoms with Crippen LogP contribution in [-0.2, 0) is 16.1 Å². The zero-order chi connectivity index (χ0) is 14.7. The van der Waals surface area contributed by atoms with E-state index in [1.165, 1.54) is 13.0 Å². The number of nitrogens with zero attached hydrogens (tertiary/aromatic N) is 3. The molecular weight excluding hydrogens is 266 g/mol. The lowest BCUT2D eigenvalue weighted by molar-refractivity contribution is -0.385. The summed E-state index contributed by atoms with van der Waals surface area (Å²) in [5.41, 5.74) is -0.344. The van der Waals surface area contributed by atoms with Gasteiger partial charge in [0.15, 0.2) is 0 Å². The highest BCUT2D eigenvalue weighted by Gasteiger charge is 2.19. The summed E-state index contributed by atoms with van der Waals surface area (Å²) in [6, 6.07) is 1.21. The van der Waals surface area contributed by atoms with Crippen LogP contribution in [0.1, 0.15) is 5.56 Å². The quantitative estimate of drug-likeness (QED) is 0.570. The average Bonchev–Trinajstić information content (AvgIpc) is 2.44. The van der Waals surface area contributed by atoms with Crippen molar-refractivity contribution in [2.24, 2.45) is 0 Å². The molecule has 1 amide bonds. The summed E-state index contributed by atoms with van der Waals surface area (Å²) in [5, 5.41) is 10.8. The van der Waals surface area contributed by atoms with E-state index in [4.69, 9.17) is 4.74 Å². The first kappa shape index (κ1) is 14.2. The van der Waals surface area contributed by atoms with Crippen molar-refractivity contribution in [3.63, 3.8) is 0 Å². The molecule has 0 N–H and O–H groups in total. The average molecular weight is 281 g/mol. The molecule has 1 saturated heterocycles. The van der Waals surface area contributed by atoms with Crippen LogP contribution in [0.15, 0.2) is 17.1 Å². The lowest BCUT2D eigenvalue weighted by Crippen LogP contribution is -2.43. The van der Waals surface area contributed by atoms with Crippen molar-refractivity contribution in [2.45, 2.75) is 13.5 Å². The maximum atomic E-state index is 12.1. The molecule has 1 aliphatic heterocycles. The minimum atomic E-state index is -0.581. The molecule has 1 aliphatic rings. The van der Waals surface area contributed by atoms with Gasteiger partial charge in [0.05, 0.1) is 24.3 Å². The van der Waals surface area contributed by atoms with E-state index in [9.17, 15) is 19.7 Å². The Bertz CT molecular complexity index is 589. The Morgan fingerprint density at radius 1 is 1.45 bits per heavy atom. The van der Waals surface area contributed by atoms with Gasteiger partial charge in [-0.3, -0.25) is 24.3 Å². The van der Waals surface area contributed by atoms with Crippen LogP contribution in [0, 0.1) is 17.0 Å². The predicted octanol–water partition coefficient (Wildman–Crippen LogP) is -0.0763. The molecule has 0 aliphatic carbocycles. The largest absolute Gasteiger partial charge is 0.378 e. The molecule has 0 aromatic carbocycles. The molecule has 1 aromatic rings. The van der Waals surface area contributed by atoms with Gasteiger partial charge in [0.1, 0.15) is 6.54 Å². The first-order valence-corrected chi connectivity index (χ1v) is 6.20. The Balaban J connectivity index is 2.21. The molecule has 0 radical (unpaired) electrons.